The maximum Gasteiger partial charge on any atom is 0.344 e. The number of allylic oxidation sites excluding steroid dienone is 1. The number of halogens is 1. The topological polar surface area (TPSA) is 46.6 Å². The number of aromatic nitrogens is 1. The second-order valence-electron chi connectivity index (χ2n) is 6.34. The first-order valence-electron chi connectivity index (χ1n) is 8.75. The van der Waals surface area contributed by atoms with Crippen molar-refractivity contribution < 1.29 is 30.7 Å². The van der Waals surface area contributed by atoms with Crippen LogP contribution in [0.3, 0.4) is 0 Å². The van der Waals surface area contributed by atoms with Crippen molar-refractivity contribution in [3.05, 3.63) is 71.9 Å². The van der Waals surface area contributed by atoms with Crippen molar-refractivity contribution in [3.8, 4) is 11.1 Å². The van der Waals surface area contributed by atoms with Crippen LogP contribution < -0.4 is 32.1 Å². The Balaban J connectivity index is 0.00000210. The highest BCUT2D eigenvalue weighted by Gasteiger charge is 2.14. The van der Waals surface area contributed by atoms with Crippen LogP contribution in [0.1, 0.15) is 0 Å². The molecular formula is C21H21BrN2O3. The van der Waals surface area contributed by atoms with Crippen molar-refractivity contribution in [2.45, 2.75) is 6.54 Å². The van der Waals surface area contributed by atoms with E-state index in [2.05, 4.69) is 17.5 Å². The van der Waals surface area contributed by atoms with Gasteiger partial charge in [-0.1, -0.05) is 6.58 Å². The summed E-state index contributed by atoms with van der Waals surface area (Å²) in [5.41, 5.74) is 2.76. The van der Waals surface area contributed by atoms with Crippen molar-refractivity contribution in [1.29, 1.82) is 0 Å². The molecule has 6 heteroatoms. The first-order valence-corrected chi connectivity index (χ1v) is 8.75. The molecule has 3 aromatic rings. The van der Waals surface area contributed by atoms with E-state index in [4.69, 9.17) is 9.15 Å². The molecule has 1 saturated heterocycles. The fourth-order valence-corrected chi connectivity index (χ4v) is 3.23. The lowest BCUT2D eigenvalue weighted by Crippen LogP contribution is -3.00. The molecule has 4 rings (SSSR count). The summed E-state index contributed by atoms with van der Waals surface area (Å²) < 4.78 is 13.0. The highest BCUT2D eigenvalue weighted by atomic mass is 79.9. The number of fused-ring (bicyclic) bond motifs is 1. The Bertz CT molecular complexity index is 992. The quantitative estimate of drug-likeness (QED) is 0.327. The molecule has 0 aliphatic carbocycles. The highest BCUT2D eigenvalue weighted by molar-refractivity contribution is 5.84. The molecule has 140 valence electrons. The van der Waals surface area contributed by atoms with Gasteiger partial charge in [-0.2, -0.15) is 0 Å². The zero-order valence-corrected chi connectivity index (χ0v) is 16.5. The molecule has 1 fully saturated rings. The number of benzene rings is 1. The molecule has 5 nitrogen and oxygen atoms in total. The Morgan fingerprint density at radius 1 is 1.11 bits per heavy atom. The molecule has 0 radical (unpaired) electrons. The molecule has 27 heavy (non-hydrogen) atoms. The van der Waals surface area contributed by atoms with E-state index in [1.807, 2.05) is 53.4 Å². The maximum absolute atomic E-state index is 12.5. The van der Waals surface area contributed by atoms with Crippen molar-refractivity contribution in [2.75, 3.05) is 31.2 Å². The molecule has 1 aliphatic rings. The van der Waals surface area contributed by atoms with E-state index in [9.17, 15) is 4.79 Å². The van der Waals surface area contributed by atoms with Gasteiger partial charge in [-0.3, -0.25) is 0 Å². The van der Waals surface area contributed by atoms with Gasteiger partial charge in [-0.15, -0.1) is 0 Å². The average molecular weight is 429 g/mol. The van der Waals surface area contributed by atoms with Gasteiger partial charge in [0.1, 0.15) is 5.58 Å². The lowest BCUT2D eigenvalue weighted by molar-refractivity contribution is -0.686. The second-order valence-corrected chi connectivity index (χ2v) is 6.34. The van der Waals surface area contributed by atoms with Crippen LogP contribution >= 0.6 is 0 Å². The van der Waals surface area contributed by atoms with Crippen LogP contribution in [0, 0.1) is 0 Å². The first kappa shape index (κ1) is 19.3. The Morgan fingerprint density at radius 2 is 1.85 bits per heavy atom. The van der Waals surface area contributed by atoms with Gasteiger partial charge in [0.15, 0.2) is 18.9 Å². The van der Waals surface area contributed by atoms with Crippen molar-refractivity contribution >= 4 is 16.7 Å². The molecule has 0 atom stereocenters. The van der Waals surface area contributed by atoms with Crippen molar-refractivity contribution in [3.63, 3.8) is 0 Å². The van der Waals surface area contributed by atoms with Gasteiger partial charge in [-0.05, 0) is 24.3 Å². The van der Waals surface area contributed by atoms with Crippen LogP contribution in [0.25, 0.3) is 22.1 Å². The van der Waals surface area contributed by atoms with Crippen LogP contribution in [-0.4, -0.2) is 26.3 Å². The number of rotatable bonds is 4. The normalized spacial score (nSPS) is 14.0. The smallest absolute Gasteiger partial charge is 0.344 e. The van der Waals surface area contributed by atoms with E-state index in [1.54, 1.807) is 0 Å². The van der Waals surface area contributed by atoms with Gasteiger partial charge in [0.2, 0.25) is 0 Å². The largest absolute Gasteiger partial charge is 1.00 e. The number of anilines is 1. The summed E-state index contributed by atoms with van der Waals surface area (Å²) in [6.45, 7) is 7.61. The van der Waals surface area contributed by atoms with E-state index in [0.29, 0.717) is 11.1 Å². The maximum atomic E-state index is 12.5. The average Bonchev–Trinajstić information content (AvgIpc) is 2.69. The van der Waals surface area contributed by atoms with Gasteiger partial charge >= 0.3 is 5.63 Å². The predicted octanol–water partition coefficient (Wildman–Crippen LogP) is -0.226. The van der Waals surface area contributed by atoms with Crippen LogP contribution in [0.2, 0.25) is 0 Å². The molecular weight excluding hydrogens is 408 g/mol. The van der Waals surface area contributed by atoms with Crippen LogP contribution in [0.4, 0.5) is 5.69 Å². The summed E-state index contributed by atoms with van der Waals surface area (Å²) in [6.07, 6.45) is 5.69. The minimum Gasteiger partial charge on any atom is -1.00 e. The molecule has 0 unspecified atom stereocenters. The molecule has 0 saturated carbocycles. The molecule has 1 aromatic carbocycles. The summed E-state index contributed by atoms with van der Waals surface area (Å²) in [5.74, 6) is 0. The van der Waals surface area contributed by atoms with Crippen LogP contribution in [0.15, 0.2) is 70.7 Å². The molecule has 0 amide bonds. The van der Waals surface area contributed by atoms with E-state index in [-0.39, 0.29) is 22.6 Å². The number of hydrogen-bond donors (Lipinski definition) is 0. The molecule has 1 aliphatic heterocycles. The molecule has 0 spiro atoms. The summed E-state index contributed by atoms with van der Waals surface area (Å²) in [4.78, 5) is 14.8. The van der Waals surface area contributed by atoms with Gasteiger partial charge in [0.05, 0.1) is 18.8 Å². The fraction of sp³-hybridized carbons (Fsp3) is 0.238. The third-order valence-electron chi connectivity index (χ3n) is 4.64. The summed E-state index contributed by atoms with van der Waals surface area (Å²) in [7, 11) is 0. The molecule has 0 N–H and O–H groups in total. The van der Waals surface area contributed by atoms with Gasteiger partial charge < -0.3 is 31.0 Å². The SMILES string of the molecule is C=CC[n+]1ccc(-c2cc3ccc(N4CCOCC4)cc3oc2=O)cc1.[Br-]. The van der Waals surface area contributed by atoms with E-state index in [1.165, 1.54) is 0 Å². The lowest BCUT2D eigenvalue weighted by atomic mass is 10.1. The minimum atomic E-state index is -0.321. The zero-order chi connectivity index (χ0) is 17.9. The fourth-order valence-electron chi connectivity index (χ4n) is 3.23. The predicted molar refractivity (Wildman–Crippen MR) is 101 cm³/mol. The van der Waals surface area contributed by atoms with Gasteiger partial charge in [0, 0.05) is 47.9 Å². The Hall–Kier alpha value is -2.44. The highest BCUT2D eigenvalue weighted by Crippen LogP contribution is 2.25. The summed E-state index contributed by atoms with van der Waals surface area (Å²) >= 11 is 0. The zero-order valence-electron chi connectivity index (χ0n) is 14.9. The monoisotopic (exact) mass is 428 g/mol. The molecule has 2 aromatic heterocycles. The third kappa shape index (κ3) is 4.12. The van der Waals surface area contributed by atoms with Crippen molar-refractivity contribution in [2.24, 2.45) is 0 Å². The minimum absolute atomic E-state index is 0. The van der Waals surface area contributed by atoms with E-state index in [0.717, 1.165) is 49.5 Å². The molecule has 3 heterocycles. The standard InChI is InChI=1S/C21H21N2O3.BrH/c1-2-7-22-8-5-16(6-9-22)19-14-17-3-4-18(15-20(17)26-21(19)24)23-10-12-25-13-11-23;/h2-6,8-9,14-15H,1,7,10-13H2;1H/q+1;/p-1. The number of nitrogens with zero attached hydrogens (tertiary/aromatic N) is 2. The second kappa shape index (κ2) is 8.50. The first-order chi connectivity index (χ1) is 12.7. The Labute approximate surface area is 168 Å². The van der Waals surface area contributed by atoms with Crippen molar-refractivity contribution in [1.82, 2.24) is 0 Å². The Morgan fingerprint density at radius 3 is 2.56 bits per heavy atom. The number of ether oxygens (including phenoxy) is 1. The Kier molecular flexibility index (Phi) is 6.08. The number of pyridine rings is 1. The van der Waals surface area contributed by atoms with Crippen LogP contribution in [-0.2, 0) is 11.3 Å². The van der Waals surface area contributed by atoms with Gasteiger partial charge in [0.25, 0.3) is 0 Å². The summed E-state index contributed by atoms with van der Waals surface area (Å²) in [6, 6.07) is 11.8. The van der Waals surface area contributed by atoms with Crippen LogP contribution in [0.5, 0.6) is 0 Å². The summed E-state index contributed by atoms with van der Waals surface area (Å²) in [5, 5.41) is 0.916. The van der Waals surface area contributed by atoms with Gasteiger partial charge in [-0.25, -0.2) is 9.36 Å². The number of hydrogen-bond acceptors (Lipinski definition) is 4. The third-order valence-corrected chi connectivity index (χ3v) is 4.64. The van der Waals surface area contributed by atoms with E-state index < -0.39 is 0 Å². The number of morpholine rings is 1. The molecule has 0 bridgehead atoms. The lowest BCUT2D eigenvalue weighted by Gasteiger charge is -2.28. The van der Waals surface area contributed by atoms with E-state index >= 15 is 0 Å².